The summed E-state index contributed by atoms with van der Waals surface area (Å²) in [5.41, 5.74) is -0.205. The van der Waals surface area contributed by atoms with Crippen molar-refractivity contribution in [2.75, 3.05) is 13.1 Å². The van der Waals surface area contributed by atoms with Gasteiger partial charge in [-0.3, -0.25) is 9.36 Å². The number of rotatable bonds is 8. The highest BCUT2D eigenvalue weighted by Gasteiger charge is 2.22. The van der Waals surface area contributed by atoms with Gasteiger partial charge in [-0.2, -0.15) is 0 Å². The zero-order valence-corrected chi connectivity index (χ0v) is 13.5. The smallest absolute Gasteiger partial charge is 0.342 e. The van der Waals surface area contributed by atoms with E-state index in [1.165, 1.54) is 11.8 Å². The number of amides is 1. The number of aromatic amines is 1. The molecular formula is C13H24N4O2S. The number of H-pyrrole nitrogens is 1. The standard InChI is InChI=1S/C13H24N4O2S/c1-5-8-9-17-12(19)14-15-13(17)20-10(4)11(18)16(6-2)7-3/h10H,5-9H2,1-4H3,(H,14,19). The van der Waals surface area contributed by atoms with Crippen molar-refractivity contribution < 1.29 is 4.79 Å². The van der Waals surface area contributed by atoms with Crippen LogP contribution in [0, 0.1) is 0 Å². The minimum Gasteiger partial charge on any atom is -0.342 e. The maximum Gasteiger partial charge on any atom is 0.343 e. The van der Waals surface area contributed by atoms with Crippen LogP contribution < -0.4 is 5.69 Å². The van der Waals surface area contributed by atoms with Crippen LogP contribution >= 0.6 is 11.8 Å². The fourth-order valence-electron chi connectivity index (χ4n) is 1.91. The Morgan fingerprint density at radius 1 is 1.40 bits per heavy atom. The van der Waals surface area contributed by atoms with E-state index in [1.54, 1.807) is 9.47 Å². The molecule has 0 aliphatic heterocycles. The number of carbonyl (C=O) groups is 1. The minimum atomic E-state index is -0.245. The van der Waals surface area contributed by atoms with Crippen LogP contribution in [0.25, 0.3) is 0 Å². The molecule has 1 N–H and O–H groups in total. The number of thioether (sulfide) groups is 1. The van der Waals surface area contributed by atoms with E-state index in [4.69, 9.17) is 0 Å². The van der Waals surface area contributed by atoms with Gasteiger partial charge < -0.3 is 4.90 Å². The molecule has 6 nitrogen and oxygen atoms in total. The number of hydrogen-bond donors (Lipinski definition) is 1. The van der Waals surface area contributed by atoms with Crippen molar-refractivity contribution >= 4 is 17.7 Å². The van der Waals surface area contributed by atoms with E-state index in [9.17, 15) is 9.59 Å². The predicted octanol–water partition coefficient (Wildman–Crippen LogP) is 1.72. The molecule has 114 valence electrons. The minimum absolute atomic E-state index is 0.0810. The molecule has 0 fully saturated rings. The van der Waals surface area contributed by atoms with Crippen molar-refractivity contribution in [2.24, 2.45) is 0 Å². The Morgan fingerprint density at radius 3 is 2.60 bits per heavy atom. The molecule has 0 radical (unpaired) electrons. The van der Waals surface area contributed by atoms with Gasteiger partial charge in [0.25, 0.3) is 0 Å². The van der Waals surface area contributed by atoms with Crippen LogP contribution in [0.1, 0.15) is 40.5 Å². The molecule has 0 aliphatic rings. The number of carbonyl (C=O) groups excluding carboxylic acids is 1. The van der Waals surface area contributed by atoms with Crippen LogP contribution in [-0.4, -0.2) is 43.9 Å². The normalized spacial score (nSPS) is 12.4. The summed E-state index contributed by atoms with van der Waals surface area (Å²) < 4.78 is 1.61. The van der Waals surface area contributed by atoms with Crippen LogP contribution in [0.2, 0.25) is 0 Å². The van der Waals surface area contributed by atoms with E-state index in [0.29, 0.717) is 24.8 Å². The second-order valence-corrected chi connectivity index (χ2v) is 5.90. The molecule has 0 spiro atoms. The van der Waals surface area contributed by atoms with E-state index in [1.807, 2.05) is 20.8 Å². The first-order valence-electron chi connectivity index (χ1n) is 7.15. The summed E-state index contributed by atoms with van der Waals surface area (Å²) in [5, 5.41) is 6.83. The highest BCUT2D eigenvalue weighted by molar-refractivity contribution is 8.00. The molecule has 1 aromatic heterocycles. The average Bonchev–Trinajstić information content (AvgIpc) is 2.78. The molecule has 20 heavy (non-hydrogen) atoms. The van der Waals surface area contributed by atoms with E-state index in [0.717, 1.165) is 12.8 Å². The lowest BCUT2D eigenvalue weighted by atomic mass is 10.3. The van der Waals surface area contributed by atoms with Crippen molar-refractivity contribution in [1.82, 2.24) is 19.7 Å². The number of nitrogens with one attached hydrogen (secondary N) is 1. The number of aromatic nitrogens is 3. The molecule has 1 unspecified atom stereocenters. The summed E-state index contributed by atoms with van der Waals surface area (Å²) >= 11 is 1.34. The zero-order chi connectivity index (χ0) is 15.1. The Balaban J connectivity index is 2.77. The summed E-state index contributed by atoms with van der Waals surface area (Å²) in [7, 11) is 0. The summed E-state index contributed by atoms with van der Waals surface area (Å²) in [4.78, 5) is 25.7. The Hall–Kier alpha value is -1.24. The van der Waals surface area contributed by atoms with Gasteiger partial charge >= 0.3 is 5.69 Å². The fourth-order valence-corrected chi connectivity index (χ4v) is 2.87. The second-order valence-electron chi connectivity index (χ2n) is 4.59. The van der Waals surface area contributed by atoms with Gasteiger partial charge in [0.1, 0.15) is 0 Å². The number of nitrogens with zero attached hydrogens (tertiary/aromatic N) is 3. The zero-order valence-electron chi connectivity index (χ0n) is 12.7. The maximum absolute atomic E-state index is 12.2. The monoisotopic (exact) mass is 300 g/mol. The lowest BCUT2D eigenvalue weighted by Crippen LogP contribution is -2.36. The van der Waals surface area contributed by atoms with Gasteiger partial charge in [0, 0.05) is 19.6 Å². The molecule has 0 saturated carbocycles. The van der Waals surface area contributed by atoms with Crippen LogP contribution in [0.15, 0.2) is 9.95 Å². The highest BCUT2D eigenvalue weighted by Crippen LogP contribution is 2.21. The van der Waals surface area contributed by atoms with Gasteiger partial charge in [0.05, 0.1) is 5.25 Å². The van der Waals surface area contributed by atoms with E-state index >= 15 is 0 Å². The molecule has 1 aromatic rings. The molecule has 1 heterocycles. The quantitative estimate of drug-likeness (QED) is 0.742. The summed E-state index contributed by atoms with van der Waals surface area (Å²) in [6.07, 6.45) is 1.93. The molecule has 0 bridgehead atoms. The Labute approximate surface area is 123 Å². The topological polar surface area (TPSA) is 71.0 Å². The summed E-state index contributed by atoms with van der Waals surface area (Å²) in [5.74, 6) is 0.0810. The lowest BCUT2D eigenvalue weighted by Gasteiger charge is -2.22. The van der Waals surface area contributed by atoms with Crippen molar-refractivity contribution in [3.05, 3.63) is 10.5 Å². The van der Waals surface area contributed by atoms with Crippen LogP contribution in [0.5, 0.6) is 0 Å². The van der Waals surface area contributed by atoms with Crippen molar-refractivity contribution in [3.8, 4) is 0 Å². The van der Waals surface area contributed by atoms with Crippen LogP contribution in [0.4, 0.5) is 0 Å². The van der Waals surface area contributed by atoms with E-state index < -0.39 is 0 Å². The molecule has 0 aromatic carbocycles. The van der Waals surface area contributed by atoms with E-state index in [2.05, 4.69) is 17.1 Å². The van der Waals surface area contributed by atoms with Crippen molar-refractivity contribution in [3.63, 3.8) is 0 Å². The van der Waals surface area contributed by atoms with Gasteiger partial charge in [-0.15, -0.1) is 5.10 Å². The van der Waals surface area contributed by atoms with Crippen LogP contribution in [0.3, 0.4) is 0 Å². The van der Waals surface area contributed by atoms with Gasteiger partial charge in [-0.05, 0) is 27.2 Å². The first kappa shape index (κ1) is 16.8. The molecule has 0 saturated heterocycles. The van der Waals surface area contributed by atoms with Gasteiger partial charge in [0.15, 0.2) is 5.16 Å². The largest absolute Gasteiger partial charge is 0.343 e. The van der Waals surface area contributed by atoms with Crippen molar-refractivity contribution in [2.45, 2.75) is 57.5 Å². The Bertz CT molecular complexity index is 479. The first-order chi connectivity index (χ1) is 9.54. The third-order valence-electron chi connectivity index (χ3n) is 3.16. The molecule has 1 amide bonds. The molecule has 0 aliphatic carbocycles. The Kier molecular flexibility index (Phi) is 6.84. The number of hydrogen-bond acceptors (Lipinski definition) is 4. The average molecular weight is 300 g/mol. The van der Waals surface area contributed by atoms with Gasteiger partial charge in [0.2, 0.25) is 5.91 Å². The molecular weight excluding hydrogens is 276 g/mol. The van der Waals surface area contributed by atoms with E-state index in [-0.39, 0.29) is 16.8 Å². The third kappa shape index (κ3) is 4.13. The SMILES string of the molecule is CCCCn1c(SC(C)C(=O)N(CC)CC)n[nH]c1=O. The van der Waals surface area contributed by atoms with Gasteiger partial charge in [-0.25, -0.2) is 9.89 Å². The second kappa shape index (κ2) is 8.14. The van der Waals surface area contributed by atoms with Crippen LogP contribution in [-0.2, 0) is 11.3 Å². The van der Waals surface area contributed by atoms with Gasteiger partial charge in [-0.1, -0.05) is 25.1 Å². The predicted molar refractivity (Wildman–Crippen MR) is 81.0 cm³/mol. The summed E-state index contributed by atoms with van der Waals surface area (Å²) in [6.45, 7) is 9.89. The molecule has 1 rings (SSSR count). The Morgan fingerprint density at radius 2 is 2.05 bits per heavy atom. The third-order valence-corrected chi connectivity index (χ3v) is 4.24. The molecule has 7 heteroatoms. The fraction of sp³-hybridized carbons (Fsp3) is 0.769. The van der Waals surface area contributed by atoms with Crippen molar-refractivity contribution in [1.29, 1.82) is 0 Å². The maximum atomic E-state index is 12.2. The summed E-state index contributed by atoms with van der Waals surface area (Å²) in [6, 6.07) is 0. The highest BCUT2D eigenvalue weighted by atomic mass is 32.2. The lowest BCUT2D eigenvalue weighted by molar-refractivity contribution is -0.129. The number of unbranched alkanes of at least 4 members (excludes halogenated alkanes) is 1. The first-order valence-corrected chi connectivity index (χ1v) is 8.03. The molecule has 1 atom stereocenters.